The number of ether oxygens (including phenoxy) is 2. The van der Waals surface area contributed by atoms with Gasteiger partial charge in [-0.2, -0.15) is 0 Å². The van der Waals surface area contributed by atoms with Crippen molar-refractivity contribution < 1.29 is 29.3 Å². The number of hydrogen-bond acceptors (Lipinski definition) is 10. The number of aliphatic hydroxyl groups excluding tert-OH is 2. The van der Waals surface area contributed by atoms with Gasteiger partial charge in [-0.15, -0.1) is 11.3 Å². The molecular weight excluding hydrogens is 603 g/mol. The molecule has 10 heteroatoms. The quantitative estimate of drug-likeness (QED) is 0.250. The SMILES string of the molecule is CCOC(=S)SC(CCc1nc2ccccc2s1)[C@]1(C)C[C@@H](OC(=O)CO)[C@]2(C)[C@H](C)CC[C@]3(CCC(=O)[C@H]32)[C@@H](C)[C@@H]1O. The lowest BCUT2D eigenvalue weighted by molar-refractivity contribution is -0.213. The van der Waals surface area contributed by atoms with Gasteiger partial charge in [-0.3, -0.25) is 4.79 Å². The van der Waals surface area contributed by atoms with Gasteiger partial charge in [0.25, 0.3) is 0 Å². The Kier molecular flexibility index (Phi) is 9.65. The lowest BCUT2D eigenvalue weighted by Crippen LogP contribution is -2.64. The number of aromatic nitrogens is 1. The molecule has 2 bridgehead atoms. The van der Waals surface area contributed by atoms with E-state index in [-0.39, 0.29) is 34.2 Å². The van der Waals surface area contributed by atoms with Crippen LogP contribution in [0.15, 0.2) is 24.3 Å². The summed E-state index contributed by atoms with van der Waals surface area (Å²) in [5.41, 5.74) is -0.797. The zero-order valence-corrected chi connectivity index (χ0v) is 28.3. The van der Waals surface area contributed by atoms with Crippen molar-refractivity contribution in [2.24, 2.45) is 34.0 Å². The Morgan fingerprint density at radius 2 is 2.00 bits per heavy atom. The average molecular weight is 648 g/mol. The number of carbonyl (C=O) groups excluding carboxylic acids is 2. The largest absolute Gasteiger partial charge is 0.479 e. The summed E-state index contributed by atoms with van der Waals surface area (Å²) in [5, 5.41) is 23.1. The third kappa shape index (κ3) is 5.68. The molecule has 0 saturated heterocycles. The molecule has 1 aromatic carbocycles. The molecule has 9 atom stereocenters. The highest BCUT2D eigenvalue weighted by Gasteiger charge is 2.69. The number of thiazole rings is 1. The van der Waals surface area contributed by atoms with Gasteiger partial charge in [0, 0.05) is 34.8 Å². The molecular formula is C33H45NO6S3. The van der Waals surface area contributed by atoms with Crippen LogP contribution in [0.3, 0.4) is 0 Å². The number of aryl methyl sites for hydroxylation is 1. The molecule has 0 amide bonds. The molecule has 3 saturated carbocycles. The van der Waals surface area contributed by atoms with Gasteiger partial charge in [-0.05, 0) is 80.6 Å². The number of esters is 1. The Hall–Kier alpha value is -1.59. The van der Waals surface area contributed by atoms with Gasteiger partial charge in [-0.25, -0.2) is 9.78 Å². The molecule has 7 nitrogen and oxygen atoms in total. The predicted molar refractivity (Wildman–Crippen MR) is 175 cm³/mol. The highest BCUT2D eigenvalue weighted by Crippen LogP contribution is 2.68. The number of ketones is 1. The number of para-hydroxylation sites is 1. The standard InChI is InChI=1S/C33H45NO6S3/c1-6-39-30(41)43-25(11-12-26-34-21-9-7-8-10-23(21)42-26)31(4)17-24(40-27(37)18-35)32(5)19(2)13-15-33(20(3)29(31)38)16-14-22(36)28(32)33/h7-10,19-20,24-25,28-29,35,38H,6,11-18H2,1-5H3/t19-,20+,24-,25?,28+,29+,31+,32+,33+/m1/s1. The number of benzene rings is 1. The van der Waals surface area contributed by atoms with Gasteiger partial charge < -0.3 is 19.7 Å². The first-order valence-electron chi connectivity index (χ1n) is 15.6. The Morgan fingerprint density at radius 1 is 1.26 bits per heavy atom. The summed E-state index contributed by atoms with van der Waals surface area (Å²) in [4.78, 5) is 31.4. The summed E-state index contributed by atoms with van der Waals surface area (Å²) >= 11 is 8.82. The molecule has 1 heterocycles. The van der Waals surface area contributed by atoms with Gasteiger partial charge >= 0.3 is 5.97 Å². The Bertz CT molecular complexity index is 1330. The molecule has 3 aliphatic rings. The van der Waals surface area contributed by atoms with Crippen molar-refractivity contribution in [3.8, 4) is 0 Å². The normalized spacial score (nSPS) is 36.4. The van der Waals surface area contributed by atoms with E-state index in [0.29, 0.717) is 36.7 Å². The first kappa shape index (κ1) is 32.8. The fourth-order valence-corrected chi connectivity index (χ4v) is 11.5. The van der Waals surface area contributed by atoms with Gasteiger partial charge in [0.05, 0.1) is 27.9 Å². The van der Waals surface area contributed by atoms with Crippen molar-refractivity contribution in [2.45, 2.75) is 97.0 Å². The van der Waals surface area contributed by atoms with E-state index < -0.39 is 35.6 Å². The van der Waals surface area contributed by atoms with Gasteiger partial charge in [-0.1, -0.05) is 51.6 Å². The van der Waals surface area contributed by atoms with Crippen molar-refractivity contribution in [1.29, 1.82) is 0 Å². The minimum atomic E-state index is -0.786. The highest BCUT2D eigenvalue weighted by atomic mass is 32.2. The van der Waals surface area contributed by atoms with E-state index in [2.05, 4.69) is 33.8 Å². The fraction of sp³-hybridized carbons (Fsp3) is 0.697. The molecule has 236 valence electrons. The second-order valence-electron chi connectivity index (χ2n) is 13.4. The van der Waals surface area contributed by atoms with Crippen LogP contribution >= 0.6 is 35.3 Å². The van der Waals surface area contributed by atoms with E-state index in [1.165, 1.54) is 11.8 Å². The molecule has 0 radical (unpaired) electrons. The first-order valence-corrected chi connectivity index (χ1v) is 17.7. The molecule has 5 rings (SSSR count). The van der Waals surface area contributed by atoms with E-state index in [1.54, 1.807) is 11.3 Å². The number of thiocarbonyl (C=S) groups is 1. The topological polar surface area (TPSA) is 106 Å². The molecule has 2 N–H and O–H groups in total. The average Bonchev–Trinajstić information content (AvgIpc) is 3.57. The van der Waals surface area contributed by atoms with Crippen molar-refractivity contribution in [3.05, 3.63) is 29.3 Å². The number of Topliss-reactive ketones (excluding diaryl/α,β-unsaturated/α-hetero) is 1. The summed E-state index contributed by atoms with van der Waals surface area (Å²) < 4.78 is 13.5. The Morgan fingerprint density at radius 3 is 2.70 bits per heavy atom. The van der Waals surface area contributed by atoms with Gasteiger partial charge in [0.15, 0.2) is 0 Å². The minimum Gasteiger partial charge on any atom is -0.479 e. The number of aliphatic hydroxyl groups is 2. The van der Waals surface area contributed by atoms with Crippen LogP contribution in [-0.4, -0.2) is 62.0 Å². The summed E-state index contributed by atoms with van der Waals surface area (Å²) in [6.07, 6.45) is 3.24. The second kappa shape index (κ2) is 12.7. The second-order valence-corrected chi connectivity index (χ2v) is 16.3. The van der Waals surface area contributed by atoms with Crippen LogP contribution in [0.2, 0.25) is 0 Å². The minimum absolute atomic E-state index is 0.120. The molecule has 0 aliphatic heterocycles. The molecule has 43 heavy (non-hydrogen) atoms. The van der Waals surface area contributed by atoms with Crippen LogP contribution < -0.4 is 0 Å². The van der Waals surface area contributed by atoms with Crippen LogP contribution in [0.5, 0.6) is 0 Å². The van der Waals surface area contributed by atoms with Crippen molar-refractivity contribution >= 4 is 61.7 Å². The smallest absolute Gasteiger partial charge is 0.332 e. The van der Waals surface area contributed by atoms with E-state index in [1.807, 2.05) is 25.1 Å². The third-order valence-corrected chi connectivity index (χ3v) is 14.3. The van der Waals surface area contributed by atoms with Gasteiger partial charge in [0.1, 0.15) is 18.5 Å². The molecule has 3 fully saturated rings. The number of nitrogens with zero attached hydrogens (tertiary/aromatic N) is 1. The molecule has 1 aromatic heterocycles. The Labute approximate surface area is 268 Å². The van der Waals surface area contributed by atoms with Crippen LogP contribution in [-0.2, 0) is 25.5 Å². The summed E-state index contributed by atoms with van der Waals surface area (Å²) in [5.74, 6) is -0.835. The highest BCUT2D eigenvalue weighted by molar-refractivity contribution is 8.23. The number of carbonyl (C=O) groups is 2. The van der Waals surface area contributed by atoms with Crippen molar-refractivity contribution in [2.75, 3.05) is 13.2 Å². The maximum absolute atomic E-state index is 13.7. The molecule has 3 aliphatic carbocycles. The monoisotopic (exact) mass is 647 g/mol. The van der Waals surface area contributed by atoms with E-state index in [9.17, 15) is 19.8 Å². The third-order valence-electron chi connectivity index (χ3n) is 11.4. The number of hydrogen-bond donors (Lipinski definition) is 2. The Balaban J connectivity index is 1.59. The van der Waals surface area contributed by atoms with Crippen LogP contribution in [0.4, 0.5) is 0 Å². The van der Waals surface area contributed by atoms with Crippen molar-refractivity contribution in [3.63, 3.8) is 0 Å². The lowest BCUT2D eigenvalue weighted by atomic mass is 9.43. The summed E-state index contributed by atoms with van der Waals surface area (Å²) in [6, 6.07) is 8.11. The zero-order chi connectivity index (χ0) is 31.2. The molecule has 2 aromatic rings. The first-order chi connectivity index (χ1) is 20.4. The van der Waals surface area contributed by atoms with Crippen molar-refractivity contribution in [1.82, 2.24) is 4.98 Å². The predicted octanol–water partition coefficient (Wildman–Crippen LogP) is 6.36. The zero-order valence-electron chi connectivity index (χ0n) is 25.8. The van der Waals surface area contributed by atoms with Crippen LogP contribution in [0.25, 0.3) is 10.2 Å². The van der Waals surface area contributed by atoms with Crippen LogP contribution in [0, 0.1) is 34.0 Å². The maximum Gasteiger partial charge on any atom is 0.332 e. The fourth-order valence-electron chi connectivity index (χ4n) is 8.89. The van der Waals surface area contributed by atoms with Gasteiger partial charge in [0.2, 0.25) is 4.38 Å². The summed E-state index contributed by atoms with van der Waals surface area (Å²) in [6.45, 7) is 10.1. The number of thioether (sulfide) groups is 1. The van der Waals surface area contributed by atoms with E-state index in [0.717, 1.165) is 34.5 Å². The van der Waals surface area contributed by atoms with E-state index in [4.69, 9.17) is 26.7 Å². The molecule has 0 spiro atoms. The van der Waals surface area contributed by atoms with E-state index >= 15 is 0 Å². The molecule has 1 unspecified atom stereocenters. The lowest BCUT2D eigenvalue weighted by Gasteiger charge is -2.62. The number of rotatable bonds is 8. The number of fused-ring (bicyclic) bond motifs is 1. The maximum atomic E-state index is 13.7. The summed E-state index contributed by atoms with van der Waals surface area (Å²) in [7, 11) is 0. The van der Waals surface area contributed by atoms with Crippen LogP contribution in [0.1, 0.15) is 78.2 Å².